The molecular formula is C17H19N5OS. The van der Waals surface area contributed by atoms with Crippen LogP contribution in [0.3, 0.4) is 0 Å². The minimum atomic E-state index is -0.0321. The molecule has 2 heterocycles. The van der Waals surface area contributed by atoms with Gasteiger partial charge in [-0.1, -0.05) is 30.3 Å². The van der Waals surface area contributed by atoms with Gasteiger partial charge in [0.05, 0.1) is 12.6 Å². The molecule has 0 fully saturated rings. The molecule has 1 aromatic carbocycles. The molecule has 0 radical (unpaired) electrons. The zero-order chi connectivity index (χ0) is 16.9. The van der Waals surface area contributed by atoms with Crippen LogP contribution in [0.25, 0.3) is 11.5 Å². The van der Waals surface area contributed by atoms with Crippen LogP contribution in [-0.2, 0) is 6.54 Å². The van der Waals surface area contributed by atoms with Crippen LogP contribution in [0.1, 0.15) is 24.3 Å². The van der Waals surface area contributed by atoms with E-state index >= 15 is 0 Å². The highest BCUT2D eigenvalue weighted by molar-refractivity contribution is 7.14. The van der Waals surface area contributed by atoms with Crippen LogP contribution in [-0.4, -0.2) is 10.9 Å². The van der Waals surface area contributed by atoms with E-state index in [1.54, 1.807) is 0 Å². The van der Waals surface area contributed by atoms with E-state index in [1.807, 2.05) is 54.8 Å². The molecule has 2 aromatic heterocycles. The van der Waals surface area contributed by atoms with Gasteiger partial charge in [-0.3, -0.25) is 0 Å². The first kappa shape index (κ1) is 16.2. The molecule has 0 saturated heterocycles. The minimum Gasteiger partial charge on any atom is -0.458 e. The van der Waals surface area contributed by atoms with E-state index in [9.17, 15) is 0 Å². The summed E-state index contributed by atoms with van der Waals surface area (Å²) in [4.78, 5) is 8.91. The highest BCUT2D eigenvalue weighted by Gasteiger charge is 2.10. The molecule has 124 valence electrons. The molecule has 0 spiro atoms. The van der Waals surface area contributed by atoms with Gasteiger partial charge >= 0.3 is 0 Å². The topological polar surface area (TPSA) is 102 Å². The fourth-order valence-electron chi connectivity index (χ4n) is 2.23. The lowest BCUT2D eigenvalue weighted by Gasteiger charge is -2.08. The fourth-order valence-corrected chi connectivity index (χ4v) is 2.93. The minimum absolute atomic E-state index is 0.0321. The van der Waals surface area contributed by atoms with Crippen molar-refractivity contribution in [3.8, 4) is 11.5 Å². The number of anilines is 1. The van der Waals surface area contributed by atoms with Gasteiger partial charge in [0.1, 0.15) is 11.5 Å². The van der Waals surface area contributed by atoms with Gasteiger partial charge in [0.25, 0.3) is 0 Å². The number of rotatable bonds is 5. The Kier molecular flexibility index (Phi) is 4.93. The maximum atomic E-state index is 5.98. The molecule has 0 aliphatic carbocycles. The summed E-state index contributed by atoms with van der Waals surface area (Å²) < 4.78 is 5.59. The van der Waals surface area contributed by atoms with Crippen LogP contribution < -0.4 is 16.8 Å². The number of hydrogen-bond acceptors (Lipinski definition) is 5. The molecule has 0 bridgehead atoms. The summed E-state index contributed by atoms with van der Waals surface area (Å²) in [5.74, 6) is 1.74. The lowest BCUT2D eigenvalue weighted by molar-refractivity contribution is 0.524. The molecule has 1 unspecified atom stereocenters. The Bertz CT molecular complexity index is 824. The third-order valence-corrected chi connectivity index (χ3v) is 4.23. The van der Waals surface area contributed by atoms with E-state index < -0.39 is 0 Å². The molecule has 0 aliphatic heterocycles. The molecule has 1 atom stereocenters. The SMILES string of the molecule is CC(N=C(N)Nc1nc(-c2ccc(CN)o2)cs1)c1ccccc1. The highest BCUT2D eigenvalue weighted by Crippen LogP contribution is 2.26. The molecule has 3 aromatic rings. The summed E-state index contributed by atoms with van der Waals surface area (Å²) in [6.45, 7) is 2.36. The van der Waals surface area contributed by atoms with Crippen molar-refractivity contribution in [2.75, 3.05) is 5.32 Å². The summed E-state index contributed by atoms with van der Waals surface area (Å²) in [7, 11) is 0. The summed E-state index contributed by atoms with van der Waals surface area (Å²) >= 11 is 1.44. The Morgan fingerprint density at radius 1 is 1.29 bits per heavy atom. The van der Waals surface area contributed by atoms with Crippen molar-refractivity contribution >= 4 is 22.4 Å². The number of aliphatic imine (C=N–C) groups is 1. The maximum absolute atomic E-state index is 5.98. The Balaban J connectivity index is 1.68. The van der Waals surface area contributed by atoms with Crippen LogP contribution in [0.4, 0.5) is 5.13 Å². The predicted molar refractivity (Wildman–Crippen MR) is 97.8 cm³/mol. The van der Waals surface area contributed by atoms with Gasteiger partial charge in [0.2, 0.25) is 0 Å². The van der Waals surface area contributed by atoms with Gasteiger partial charge in [-0.15, -0.1) is 11.3 Å². The van der Waals surface area contributed by atoms with E-state index in [0.717, 1.165) is 17.0 Å². The molecular weight excluding hydrogens is 322 g/mol. The smallest absolute Gasteiger partial charge is 0.195 e. The lowest BCUT2D eigenvalue weighted by Crippen LogP contribution is -2.23. The third-order valence-electron chi connectivity index (χ3n) is 3.47. The van der Waals surface area contributed by atoms with Crippen LogP contribution in [0.2, 0.25) is 0 Å². The average molecular weight is 341 g/mol. The Morgan fingerprint density at radius 3 is 2.79 bits per heavy atom. The van der Waals surface area contributed by atoms with Crippen LogP contribution in [0.15, 0.2) is 57.3 Å². The van der Waals surface area contributed by atoms with E-state index in [-0.39, 0.29) is 6.04 Å². The first-order chi connectivity index (χ1) is 11.7. The van der Waals surface area contributed by atoms with Gasteiger partial charge in [0, 0.05) is 5.38 Å². The van der Waals surface area contributed by atoms with Crippen LogP contribution >= 0.6 is 11.3 Å². The first-order valence-electron chi connectivity index (χ1n) is 7.55. The Morgan fingerprint density at radius 2 is 2.08 bits per heavy atom. The average Bonchev–Trinajstić information content (AvgIpc) is 3.24. The van der Waals surface area contributed by atoms with Crippen molar-refractivity contribution in [1.82, 2.24) is 4.98 Å². The maximum Gasteiger partial charge on any atom is 0.195 e. The Labute approximate surface area is 144 Å². The number of benzene rings is 1. The largest absolute Gasteiger partial charge is 0.458 e. The van der Waals surface area contributed by atoms with Crippen molar-refractivity contribution in [1.29, 1.82) is 0 Å². The molecule has 0 saturated carbocycles. The monoisotopic (exact) mass is 341 g/mol. The molecule has 0 amide bonds. The second-order valence-corrected chi connectivity index (χ2v) is 6.09. The van der Waals surface area contributed by atoms with Crippen molar-refractivity contribution in [3.63, 3.8) is 0 Å². The highest BCUT2D eigenvalue weighted by atomic mass is 32.1. The van der Waals surface area contributed by atoms with Gasteiger partial charge in [-0.05, 0) is 24.6 Å². The molecule has 5 N–H and O–H groups in total. The first-order valence-corrected chi connectivity index (χ1v) is 8.43. The molecule has 0 aliphatic rings. The number of furan rings is 1. The zero-order valence-electron chi connectivity index (χ0n) is 13.3. The van der Waals surface area contributed by atoms with Crippen LogP contribution in [0, 0.1) is 0 Å². The normalized spacial score (nSPS) is 13.0. The number of nitrogens with one attached hydrogen (secondary N) is 1. The van der Waals surface area contributed by atoms with Gasteiger partial charge in [0.15, 0.2) is 16.9 Å². The number of guanidine groups is 1. The second-order valence-electron chi connectivity index (χ2n) is 5.23. The number of aromatic nitrogens is 1. The lowest BCUT2D eigenvalue weighted by atomic mass is 10.1. The molecule has 24 heavy (non-hydrogen) atoms. The molecule has 3 rings (SSSR count). The van der Waals surface area contributed by atoms with Gasteiger partial charge in [-0.25, -0.2) is 9.98 Å². The summed E-state index contributed by atoms with van der Waals surface area (Å²) in [5.41, 5.74) is 13.4. The van der Waals surface area contributed by atoms with E-state index in [2.05, 4.69) is 15.3 Å². The van der Waals surface area contributed by atoms with Crippen molar-refractivity contribution < 1.29 is 4.42 Å². The number of hydrogen-bond donors (Lipinski definition) is 3. The fraction of sp³-hybridized carbons (Fsp3) is 0.176. The third kappa shape index (κ3) is 3.81. The number of thiazole rings is 1. The molecule has 6 nitrogen and oxygen atoms in total. The van der Waals surface area contributed by atoms with Crippen LogP contribution in [0.5, 0.6) is 0 Å². The van der Waals surface area contributed by atoms with Gasteiger partial charge < -0.3 is 21.2 Å². The van der Waals surface area contributed by atoms with E-state index in [1.165, 1.54) is 11.3 Å². The number of nitrogens with zero attached hydrogens (tertiary/aromatic N) is 2. The predicted octanol–water partition coefficient (Wildman–Crippen LogP) is 3.35. The van der Waals surface area contributed by atoms with Crippen molar-refractivity contribution in [2.45, 2.75) is 19.5 Å². The summed E-state index contributed by atoms with van der Waals surface area (Å²) in [6.07, 6.45) is 0. The zero-order valence-corrected chi connectivity index (χ0v) is 14.1. The quantitative estimate of drug-likeness (QED) is 0.488. The number of nitrogens with two attached hydrogens (primary N) is 2. The van der Waals surface area contributed by atoms with E-state index in [0.29, 0.717) is 23.4 Å². The van der Waals surface area contributed by atoms with E-state index in [4.69, 9.17) is 15.9 Å². The standard InChI is InChI=1S/C17H19N5OS/c1-11(12-5-3-2-4-6-12)20-16(19)22-17-21-14(10-24-17)15-8-7-13(9-18)23-15/h2-8,10-11H,9,18H2,1H3,(H3,19,20,21,22). The van der Waals surface area contributed by atoms with Gasteiger partial charge in [-0.2, -0.15) is 0 Å². The molecule has 7 heteroatoms. The van der Waals surface area contributed by atoms with Crippen molar-refractivity contribution in [2.24, 2.45) is 16.5 Å². The summed E-state index contributed by atoms with van der Waals surface area (Å²) in [6, 6.07) is 13.7. The second kappa shape index (κ2) is 7.29. The van der Waals surface area contributed by atoms with Crippen molar-refractivity contribution in [3.05, 3.63) is 59.2 Å². The Hall–Kier alpha value is -2.64. The summed E-state index contributed by atoms with van der Waals surface area (Å²) in [5, 5.41) is 5.58.